The topological polar surface area (TPSA) is 39.7 Å². The molecular formula is C21H27FN4OS. The van der Waals surface area contributed by atoms with Gasteiger partial charge < -0.3 is 9.80 Å². The van der Waals surface area contributed by atoms with Crippen LogP contribution in [0.15, 0.2) is 18.2 Å². The summed E-state index contributed by atoms with van der Waals surface area (Å²) in [6.07, 6.45) is 6.77. The van der Waals surface area contributed by atoms with Crippen molar-refractivity contribution >= 4 is 32.6 Å². The van der Waals surface area contributed by atoms with Gasteiger partial charge in [-0.25, -0.2) is 9.37 Å². The van der Waals surface area contributed by atoms with Crippen LogP contribution in [0.1, 0.15) is 32.1 Å². The van der Waals surface area contributed by atoms with Gasteiger partial charge in [0.2, 0.25) is 5.91 Å². The van der Waals surface area contributed by atoms with Crippen LogP contribution in [0.4, 0.5) is 9.52 Å². The smallest absolute Gasteiger partial charge is 0.229 e. The summed E-state index contributed by atoms with van der Waals surface area (Å²) >= 11 is 1.50. The van der Waals surface area contributed by atoms with Crippen LogP contribution < -0.4 is 4.90 Å². The minimum Gasteiger partial charge on any atom is -0.346 e. The van der Waals surface area contributed by atoms with Crippen LogP contribution in [0.2, 0.25) is 0 Å². The molecular weight excluding hydrogens is 375 g/mol. The molecule has 150 valence electrons. The van der Waals surface area contributed by atoms with Gasteiger partial charge in [0.1, 0.15) is 5.82 Å². The predicted molar refractivity (Wildman–Crippen MR) is 110 cm³/mol. The van der Waals surface area contributed by atoms with Gasteiger partial charge in [-0.05, 0) is 31.0 Å². The van der Waals surface area contributed by atoms with Crippen LogP contribution in [0.3, 0.4) is 0 Å². The quantitative estimate of drug-likeness (QED) is 0.789. The maximum atomic E-state index is 13.4. The number of aromatic nitrogens is 1. The Bertz CT molecular complexity index is 851. The molecule has 0 atom stereocenters. The standard InChI is InChI=1S/C21H27FN4OS/c22-16-6-7-18-19(12-16)28-21(23-18)26-13-15(14-26)20(27)25-10-8-24(9-11-25)17-4-2-1-3-5-17/h6-7,12,15,17H,1-5,8-11,13-14H2. The summed E-state index contributed by atoms with van der Waals surface area (Å²) in [5, 5.41) is 0.895. The summed E-state index contributed by atoms with van der Waals surface area (Å²) in [4.78, 5) is 24.3. The molecule has 0 bridgehead atoms. The third-order valence-corrected chi connectivity index (χ3v) is 7.64. The van der Waals surface area contributed by atoms with Crippen LogP contribution in [0.25, 0.3) is 10.2 Å². The van der Waals surface area contributed by atoms with Gasteiger partial charge in [-0.2, -0.15) is 0 Å². The van der Waals surface area contributed by atoms with Crippen molar-refractivity contribution in [3.63, 3.8) is 0 Å². The van der Waals surface area contributed by atoms with Gasteiger partial charge in [0, 0.05) is 45.3 Å². The van der Waals surface area contributed by atoms with Crippen molar-refractivity contribution in [2.24, 2.45) is 5.92 Å². The summed E-state index contributed by atoms with van der Waals surface area (Å²) in [7, 11) is 0. The number of anilines is 1. The third kappa shape index (κ3) is 3.50. The second kappa shape index (κ2) is 7.59. The van der Waals surface area contributed by atoms with E-state index in [4.69, 9.17) is 0 Å². The average Bonchev–Trinajstić information content (AvgIpc) is 3.10. The van der Waals surface area contributed by atoms with Crippen molar-refractivity contribution in [1.29, 1.82) is 0 Å². The van der Waals surface area contributed by atoms with Gasteiger partial charge >= 0.3 is 0 Å². The Morgan fingerprint density at radius 2 is 1.82 bits per heavy atom. The van der Waals surface area contributed by atoms with Crippen molar-refractivity contribution in [3.05, 3.63) is 24.0 Å². The Kier molecular flexibility index (Phi) is 4.97. The zero-order chi connectivity index (χ0) is 19.1. The van der Waals surface area contributed by atoms with E-state index in [1.54, 1.807) is 6.07 Å². The highest BCUT2D eigenvalue weighted by Crippen LogP contribution is 2.34. The molecule has 0 radical (unpaired) electrons. The zero-order valence-electron chi connectivity index (χ0n) is 16.1. The second-order valence-electron chi connectivity index (χ2n) is 8.36. The fraction of sp³-hybridized carbons (Fsp3) is 0.619. The van der Waals surface area contributed by atoms with Crippen molar-refractivity contribution in [3.8, 4) is 0 Å². The number of benzene rings is 1. The fourth-order valence-corrected chi connectivity index (χ4v) is 5.83. The van der Waals surface area contributed by atoms with Gasteiger partial charge in [0.05, 0.1) is 16.1 Å². The number of piperazine rings is 1. The number of hydrogen-bond donors (Lipinski definition) is 0. The highest BCUT2D eigenvalue weighted by molar-refractivity contribution is 7.22. The van der Waals surface area contributed by atoms with E-state index in [1.807, 2.05) is 0 Å². The van der Waals surface area contributed by atoms with E-state index in [0.29, 0.717) is 5.91 Å². The van der Waals surface area contributed by atoms with Crippen molar-refractivity contribution in [2.75, 3.05) is 44.2 Å². The van der Waals surface area contributed by atoms with Crippen LogP contribution >= 0.6 is 11.3 Å². The summed E-state index contributed by atoms with van der Waals surface area (Å²) < 4.78 is 14.2. The number of amides is 1. The molecule has 5 rings (SSSR count). The van der Waals surface area contributed by atoms with E-state index in [0.717, 1.165) is 60.7 Å². The maximum Gasteiger partial charge on any atom is 0.229 e. The molecule has 1 aromatic carbocycles. The minimum absolute atomic E-state index is 0.0741. The number of fused-ring (bicyclic) bond motifs is 1. The third-order valence-electron chi connectivity index (χ3n) is 6.56. The first-order valence-corrected chi connectivity index (χ1v) is 11.3. The average molecular weight is 403 g/mol. The van der Waals surface area contributed by atoms with E-state index in [1.165, 1.54) is 55.6 Å². The van der Waals surface area contributed by atoms with Gasteiger partial charge in [0.15, 0.2) is 5.13 Å². The van der Waals surface area contributed by atoms with Crippen molar-refractivity contribution in [2.45, 2.75) is 38.1 Å². The molecule has 5 nitrogen and oxygen atoms in total. The van der Waals surface area contributed by atoms with Crippen LogP contribution in [-0.2, 0) is 4.79 Å². The van der Waals surface area contributed by atoms with E-state index in [9.17, 15) is 9.18 Å². The first kappa shape index (κ1) is 18.3. The molecule has 28 heavy (non-hydrogen) atoms. The maximum absolute atomic E-state index is 13.4. The predicted octanol–water partition coefficient (Wildman–Crippen LogP) is 3.35. The lowest BCUT2D eigenvalue weighted by Gasteiger charge is -2.44. The minimum atomic E-state index is -0.230. The molecule has 1 amide bonds. The largest absolute Gasteiger partial charge is 0.346 e. The Morgan fingerprint density at radius 1 is 1.07 bits per heavy atom. The summed E-state index contributed by atoms with van der Waals surface area (Å²) in [6, 6.07) is 5.44. The summed E-state index contributed by atoms with van der Waals surface area (Å²) in [5.41, 5.74) is 0.829. The van der Waals surface area contributed by atoms with Crippen LogP contribution in [0, 0.1) is 11.7 Å². The normalized spacial score (nSPS) is 22.6. The summed E-state index contributed by atoms with van der Waals surface area (Å²) in [6.45, 7) is 5.24. The Balaban J connectivity index is 1.13. The molecule has 3 aliphatic rings. The molecule has 7 heteroatoms. The Hall–Kier alpha value is -1.73. The van der Waals surface area contributed by atoms with Gasteiger partial charge in [-0.15, -0.1) is 0 Å². The lowest BCUT2D eigenvalue weighted by Crippen LogP contribution is -2.59. The van der Waals surface area contributed by atoms with E-state index in [2.05, 4.69) is 19.7 Å². The molecule has 2 saturated heterocycles. The monoisotopic (exact) mass is 402 g/mol. The zero-order valence-corrected chi connectivity index (χ0v) is 17.0. The van der Waals surface area contributed by atoms with Crippen molar-refractivity contribution < 1.29 is 9.18 Å². The van der Waals surface area contributed by atoms with E-state index < -0.39 is 0 Å². The number of carbonyl (C=O) groups is 1. The first-order chi connectivity index (χ1) is 13.7. The number of halogens is 1. The number of carbonyl (C=O) groups excluding carboxylic acids is 1. The Labute approximate surface area is 169 Å². The molecule has 0 spiro atoms. The number of hydrogen-bond acceptors (Lipinski definition) is 5. The first-order valence-electron chi connectivity index (χ1n) is 10.5. The molecule has 1 aromatic heterocycles. The van der Waals surface area contributed by atoms with Crippen LogP contribution in [0.5, 0.6) is 0 Å². The van der Waals surface area contributed by atoms with E-state index in [-0.39, 0.29) is 11.7 Å². The van der Waals surface area contributed by atoms with Crippen molar-refractivity contribution in [1.82, 2.24) is 14.8 Å². The van der Waals surface area contributed by atoms with Crippen LogP contribution in [-0.4, -0.2) is 66.0 Å². The molecule has 3 fully saturated rings. The van der Waals surface area contributed by atoms with Gasteiger partial charge in [-0.1, -0.05) is 30.6 Å². The molecule has 2 aliphatic heterocycles. The highest BCUT2D eigenvalue weighted by Gasteiger charge is 2.38. The summed E-state index contributed by atoms with van der Waals surface area (Å²) in [5.74, 6) is 0.142. The molecule has 3 heterocycles. The molecule has 2 aromatic rings. The highest BCUT2D eigenvalue weighted by atomic mass is 32.1. The fourth-order valence-electron chi connectivity index (χ4n) is 4.82. The molecule has 1 aliphatic carbocycles. The lowest BCUT2D eigenvalue weighted by molar-refractivity contribution is -0.138. The number of thiazole rings is 1. The lowest BCUT2D eigenvalue weighted by atomic mass is 9.93. The van der Waals surface area contributed by atoms with Gasteiger partial charge in [0.25, 0.3) is 0 Å². The number of nitrogens with zero attached hydrogens (tertiary/aromatic N) is 4. The second-order valence-corrected chi connectivity index (χ2v) is 9.37. The SMILES string of the molecule is O=C(C1CN(c2nc3ccc(F)cc3s2)C1)N1CCN(C2CCCCC2)CC1. The van der Waals surface area contributed by atoms with Gasteiger partial charge in [-0.3, -0.25) is 9.69 Å². The Morgan fingerprint density at radius 3 is 2.57 bits per heavy atom. The molecule has 0 N–H and O–H groups in total. The molecule has 0 unspecified atom stereocenters. The number of rotatable bonds is 3. The molecule has 1 saturated carbocycles. The van der Waals surface area contributed by atoms with E-state index >= 15 is 0 Å².